The number of benzene rings is 1. The van der Waals surface area contributed by atoms with Crippen LogP contribution < -0.4 is 4.74 Å². The van der Waals surface area contributed by atoms with Gasteiger partial charge in [-0.15, -0.1) is 0 Å². The minimum atomic E-state index is -8.01. The summed E-state index contributed by atoms with van der Waals surface area (Å²) in [6.07, 6.45) is -2.83. The van der Waals surface area contributed by atoms with Crippen LogP contribution in [0.25, 0.3) is 11.4 Å². The largest absolute Gasteiger partial charge is 0.471 e. The van der Waals surface area contributed by atoms with Crippen LogP contribution in [-0.4, -0.2) is 45.9 Å². The predicted molar refractivity (Wildman–Crippen MR) is 125 cm³/mol. The number of hydrogen-bond acceptors (Lipinski definition) is 3. The molecule has 0 saturated heterocycles. The molecular weight excluding hydrogens is 603 g/mol. The molecule has 0 atom stereocenters. The highest BCUT2D eigenvalue weighted by Crippen LogP contribution is 2.60. The smallest absolute Gasteiger partial charge is 0.427 e. The molecule has 238 valence electrons. The predicted octanol–water partition coefficient (Wildman–Crippen LogP) is 9.90. The van der Waals surface area contributed by atoms with Gasteiger partial charge in [-0.05, 0) is 30.5 Å². The van der Waals surface area contributed by atoms with E-state index < -0.39 is 53.1 Å². The molecule has 0 saturated carbocycles. The first-order valence-corrected chi connectivity index (χ1v) is 12.8. The SMILES string of the molecule is CCCCCCCCCCc1cnc(-c2ccccc2OC(F)(F)C(F)(F)C(F)(F)C(F)(F)C(F)(F)C(F)(F)F)nc1. The van der Waals surface area contributed by atoms with E-state index in [1.165, 1.54) is 18.8 Å². The zero-order chi connectivity index (χ0) is 32.0. The third-order valence-corrected chi connectivity index (χ3v) is 6.29. The number of ether oxygens (including phenoxy) is 1. The summed E-state index contributed by atoms with van der Waals surface area (Å²) in [4.78, 5) is 7.76. The van der Waals surface area contributed by atoms with Gasteiger partial charge in [0.05, 0.1) is 5.56 Å². The zero-order valence-electron chi connectivity index (χ0n) is 22.0. The van der Waals surface area contributed by atoms with Crippen molar-refractivity contribution in [1.29, 1.82) is 0 Å². The molecule has 1 heterocycles. The van der Waals surface area contributed by atoms with E-state index in [9.17, 15) is 57.1 Å². The topological polar surface area (TPSA) is 35.0 Å². The minimum Gasteiger partial charge on any atom is -0.427 e. The molecule has 0 aliphatic heterocycles. The molecule has 2 aromatic rings. The Hall–Kier alpha value is -2.81. The summed E-state index contributed by atoms with van der Waals surface area (Å²) in [5.74, 6) is -33.2. The highest BCUT2D eigenvalue weighted by atomic mass is 19.4. The molecular formula is C26H27F13N2O. The number of alkyl halides is 13. The van der Waals surface area contributed by atoms with Gasteiger partial charge in [-0.2, -0.15) is 57.1 Å². The molecule has 0 radical (unpaired) electrons. The molecule has 1 aromatic heterocycles. The normalized spacial score (nSPS) is 13.9. The Morgan fingerprint density at radius 3 is 1.60 bits per heavy atom. The lowest BCUT2D eigenvalue weighted by molar-refractivity contribution is -0.456. The van der Waals surface area contributed by atoms with Crippen LogP contribution in [-0.2, 0) is 6.42 Å². The Morgan fingerprint density at radius 2 is 1.07 bits per heavy atom. The van der Waals surface area contributed by atoms with Crippen molar-refractivity contribution in [2.45, 2.75) is 101 Å². The fourth-order valence-electron chi connectivity index (χ4n) is 3.78. The molecule has 0 aliphatic rings. The maximum Gasteiger partial charge on any atom is 0.471 e. The van der Waals surface area contributed by atoms with Crippen molar-refractivity contribution in [1.82, 2.24) is 9.97 Å². The van der Waals surface area contributed by atoms with Gasteiger partial charge in [0.1, 0.15) is 5.75 Å². The standard InChI is InChI=1S/C26H27F13N2O/c1-2-3-4-5-6-7-8-9-12-17-15-40-20(41-16-17)18-13-10-11-14-19(18)42-26(38,39)24(33,34)22(29,30)21(27,28)23(31,32)25(35,36)37/h10-11,13-16H,2-9,12H2,1H3. The van der Waals surface area contributed by atoms with Crippen LogP contribution in [0.5, 0.6) is 5.75 Å². The van der Waals surface area contributed by atoms with Crippen LogP contribution in [0.4, 0.5) is 57.1 Å². The highest BCUT2D eigenvalue weighted by Gasteiger charge is 2.91. The van der Waals surface area contributed by atoms with Gasteiger partial charge in [0, 0.05) is 12.4 Å². The summed E-state index contributed by atoms with van der Waals surface area (Å²) in [6, 6.07) is 3.40. The van der Waals surface area contributed by atoms with Gasteiger partial charge >= 0.3 is 36.0 Å². The maximum atomic E-state index is 14.3. The Balaban J connectivity index is 2.21. The summed E-state index contributed by atoms with van der Waals surface area (Å²) in [5, 5.41) is 0. The Kier molecular flexibility index (Phi) is 11.1. The number of aryl methyl sites for hydroxylation is 1. The number of aromatic nitrogens is 2. The molecule has 0 amide bonds. The van der Waals surface area contributed by atoms with Crippen LogP contribution >= 0.6 is 0 Å². The molecule has 0 N–H and O–H groups in total. The minimum absolute atomic E-state index is 0.454. The van der Waals surface area contributed by atoms with E-state index in [1.54, 1.807) is 0 Å². The Bertz CT molecular complexity index is 1140. The quantitative estimate of drug-likeness (QED) is 0.137. The molecule has 3 nitrogen and oxygen atoms in total. The van der Waals surface area contributed by atoms with Crippen molar-refractivity contribution in [3.05, 3.63) is 42.2 Å². The fourth-order valence-corrected chi connectivity index (χ4v) is 3.78. The van der Waals surface area contributed by atoms with E-state index >= 15 is 0 Å². The number of rotatable bonds is 16. The van der Waals surface area contributed by atoms with Crippen LogP contribution in [0.15, 0.2) is 36.7 Å². The zero-order valence-corrected chi connectivity index (χ0v) is 22.0. The average Bonchev–Trinajstić information content (AvgIpc) is 2.89. The summed E-state index contributed by atoms with van der Waals surface area (Å²) in [7, 11) is 0. The number of halogens is 13. The van der Waals surface area contributed by atoms with Crippen molar-refractivity contribution in [2.75, 3.05) is 0 Å². The van der Waals surface area contributed by atoms with Crippen molar-refractivity contribution >= 4 is 0 Å². The molecule has 2 rings (SSSR count). The monoisotopic (exact) mass is 630 g/mol. The average molecular weight is 630 g/mol. The molecule has 42 heavy (non-hydrogen) atoms. The first kappa shape index (κ1) is 35.4. The lowest BCUT2D eigenvalue weighted by Crippen LogP contribution is -2.70. The van der Waals surface area contributed by atoms with Crippen LogP contribution in [0.1, 0.15) is 63.9 Å². The second kappa shape index (κ2) is 13.2. The van der Waals surface area contributed by atoms with E-state index in [4.69, 9.17) is 0 Å². The van der Waals surface area contributed by atoms with Crippen molar-refractivity contribution in [3.63, 3.8) is 0 Å². The third-order valence-electron chi connectivity index (χ3n) is 6.29. The van der Waals surface area contributed by atoms with Crippen LogP contribution in [0, 0.1) is 0 Å². The number of hydrogen-bond donors (Lipinski definition) is 0. The van der Waals surface area contributed by atoms with Gasteiger partial charge in [0.15, 0.2) is 5.82 Å². The first-order chi connectivity index (χ1) is 19.2. The number of para-hydroxylation sites is 1. The molecule has 1 aromatic carbocycles. The van der Waals surface area contributed by atoms with Gasteiger partial charge < -0.3 is 4.74 Å². The van der Waals surface area contributed by atoms with E-state index in [-0.39, 0.29) is 0 Å². The van der Waals surface area contributed by atoms with Crippen molar-refractivity contribution in [3.8, 4) is 17.1 Å². The van der Waals surface area contributed by atoms with Crippen LogP contribution in [0.3, 0.4) is 0 Å². The highest BCUT2D eigenvalue weighted by molar-refractivity contribution is 5.63. The van der Waals surface area contributed by atoms with Gasteiger partial charge in [-0.25, -0.2) is 9.97 Å². The Labute approximate surface area is 232 Å². The Morgan fingerprint density at radius 1 is 0.595 bits per heavy atom. The summed E-state index contributed by atoms with van der Waals surface area (Å²) < 4.78 is 178. The second-order valence-corrected chi connectivity index (χ2v) is 9.55. The number of nitrogens with zero attached hydrogens (tertiary/aromatic N) is 2. The van der Waals surface area contributed by atoms with Crippen molar-refractivity contribution < 1.29 is 61.8 Å². The van der Waals surface area contributed by atoms with Crippen LogP contribution in [0.2, 0.25) is 0 Å². The van der Waals surface area contributed by atoms with Gasteiger partial charge in [0.25, 0.3) is 0 Å². The van der Waals surface area contributed by atoms with E-state index in [0.717, 1.165) is 63.1 Å². The lowest BCUT2D eigenvalue weighted by Gasteiger charge is -2.39. The van der Waals surface area contributed by atoms with E-state index in [0.29, 0.717) is 18.1 Å². The first-order valence-electron chi connectivity index (χ1n) is 12.8. The molecule has 0 bridgehead atoms. The fraction of sp³-hybridized carbons (Fsp3) is 0.615. The maximum absolute atomic E-state index is 14.3. The summed E-state index contributed by atoms with van der Waals surface area (Å²) in [6.45, 7) is 2.11. The second-order valence-electron chi connectivity index (χ2n) is 9.55. The van der Waals surface area contributed by atoms with Crippen molar-refractivity contribution in [2.24, 2.45) is 0 Å². The summed E-state index contributed by atoms with van der Waals surface area (Å²) in [5.41, 5.74) is -0.0187. The van der Waals surface area contributed by atoms with Gasteiger partial charge in [0.2, 0.25) is 0 Å². The molecule has 0 aliphatic carbocycles. The lowest BCUT2D eigenvalue weighted by atomic mass is 9.97. The number of unbranched alkanes of at least 4 members (excludes halogenated alkanes) is 7. The molecule has 0 fully saturated rings. The van der Waals surface area contributed by atoms with E-state index in [1.807, 2.05) is 0 Å². The van der Waals surface area contributed by atoms with Gasteiger partial charge in [-0.3, -0.25) is 0 Å². The van der Waals surface area contributed by atoms with Gasteiger partial charge in [-0.1, -0.05) is 64.0 Å². The third kappa shape index (κ3) is 7.21. The molecule has 0 unspecified atom stereocenters. The molecule has 16 heteroatoms. The molecule has 0 spiro atoms. The van der Waals surface area contributed by atoms with E-state index in [2.05, 4.69) is 21.6 Å². The summed E-state index contributed by atoms with van der Waals surface area (Å²) >= 11 is 0.